The lowest BCUT2D eigenvalue weighted by Gasteiger charge is -2.42. The van der Waals surface area contributed by atoms with Gasteiger partial charge < -0.3 is 20.1 Å². The van der Waals surface area contributed by atoms with Crippen molar-refractivity contribution >= 4 is 28.8 Å². The first-order valence-electron chi connectivity index (χ1n) is 15.1. The van der Waals surface area contributed by atoms with Crippen molar-refractivity contribution in [1.82, 2.24) is 5.32 Å². The number of benzene rings is 1. The lowest BCUT2D eigenvalue weighted by molar-refractivity contribution is -0.144. The minimum absolute atomic E-state index is 0.00113. The van der Waals surface area contributed by atoms with E-state index in [1.54, 1.807) is 6.92 Å². The molecule has 0 radical (unpaired) electrons. The molecule has 2 bridgehead atoms. The van der Waals surface area contributed by atoms with Crippen LogP contribution in [0.15, 0.2) is 29.3 Å². The molecule has 4 aliphatic rings. The maximum Gasteiger partial charge on any atom is 0.306 e. The predicted octanol–water partition coefficient (Wildman–Crippen LogP) is 5.46. The summed E-state index contributed by atoms with van der Waals surface area (Å²) in [5.41, 5.74) is 1.73. The Morgan fingerprint density at radius 3 is 2.42 bits per heavy atom. The van der Waals surface area contributed by atoms with E-state index in [2.05, 4.69) is 10.3 Å². The standard InChI is InChI=1S/C31H45N3O4/c1-2-38-29(36)16-15-28(35)30-31(37)34(27-14-8-7-13-26(27)33-30)25-12-6-5-11-23(20-25)32-24-18-21-9-3-4-10-22(17-21)19-24/h7-8,13-14,21-25,31-32,37H,2-6,9-12,15-20H2,1H3. The summed E-state index contributed by atoms with van der Waals surface area (Å²) in [6, 6.07) is 8.91. The second-order valence-electron chi connectivity index (χ2n) is 12.0. The van der Waals surface area contributed by atoms with Gasteiger partial charge in [0.2, 0.25) is 0 Å². The summed E-state index contributed by atoms with van der Waals surface area (Å²) in [6.07, 6.45) is 13.9. The fourth-order valence-electron chi connectivity index (χ4n) is 7.52. The van der Waals surface area contributed by atoms with Gasteiger partial charge in [0.15, 0.2) is 12.0 Å². The number of carbonyl (C=O) groups excluding carboxylic acids is 2. The minimum Gasteiger partial charge on any atom is -0.466 e. The Labute approximate surface area is 227 Å². The number of hydrogen-bond acceptors (Lipinski definition) is 7. The van der Waals surface area contributed by atoms with E-state index in [0.717, 1.165) is 43.2 Å². The average molecular weight is 524 g/mol. The van der Waals surface area contributed by atoms with Gasteiger partial charge in [0.05, 0.1) is 24.4 Å². The van der Waals surface area contributed by atoms with Crippen LogP contribution in [0.1, 0.15) is 96.8 Å². The summed E-state index contributed by atoms with van der Waals surface area (Å²) in [6.45, 7) is 2.04. The largest absolute Gasteiger partial charge is 0.466 e. The third-order valence-corrected chi connectivity index (χ3v) is 9.19. The fourth-order valence-corrected chi connectivity index (χ4v) is 7.52. The third kappa shape index (κ3) is 6.48. The number of rotatable bonds is 8. The van der Waals surface area contributed by atoms with Crippen LogP contribution in [0.5, 0.6) is 0 Å². The molecule has 7 heteroatoms. The van der Waals surface area contributed by atoms with Crippen molar-refractivity contribution in [1.29, 1.82) is 0 Å². The summed E-state index contributed by atoms with van der Waals surface area (Å²) in [4.78, 5) is 31.6. The Morgan fingerprint density at radius 1 is 0.947 bits per heavy atom. The summed E-state index contributed by atoms with van der Waals surface area (Å²) >= 11 is 0. The number of Topliss-reactive ketones (excluding diaryl/α,β-unsaturated/α-hetero) is 1. The number of aliphatic hydroxyl groups is 1. The van der Waals surface area contributed by atoms with Crippen molar-refractivity contribution in [3.63, 3.8) is 0 Å². The van der Waals surface area contributed by atoms with E-state index in [1.807, 2.05) is 29.2 Å². The number of nitrogens with zero attached hydrogens (tertiary/aromatic N) is 2. The van der Waals surface area contributed by atoms with Gasteiger partial charge in [-0.05, 0) is 69.4 Å². The SMILES string of the molecule is CCOC(=O)CCC(=O)C1=Nc2ccccc2N(C2CCCCC(NC3CC4CCCCC(C4)C3)C2)C1O. The molecule has 38 heavy (non-hydrogen) atoms. The third-order valence-electron chi connectivity index (χ3n) is 9.19. The summed E-state index contributed by atoms with van der Waals surface area (Å²) in [7, 11) is 0. The molecule has 5 rings (SSSR count). The molecule has 1 aromatic rings. The first-order valence-corrected chi connectivity index (χ1v) is 15.1. The summed E-state index contributed by atoms with van der Waals surface area (Å²) in [5, 5.41) is 15.6. The van der Waals surface area contributed by atoms with Crippen LogP contribution in [-0.2, 0) is 14.3 Å². The van der Waals surface area contributed by atoms with Crippen LogP contribution in [0.25, 0.3) is 0 Å². The zero-order valence-corrected chi connectivity index (χ0v) is 22.9. The van der Waals surface area contributed by atoms with Crippen molar-refractivity contribution in [2.24, 2.45) is 16.8 Å². The van der Waals surface area contributed by atoms with Gasteiger partial charge in [-0.2, -0.15) is 0 Å². The predicted molar refractivity (Wildman–Crippen MR) is 150 cm³/mol. The normalized spacial score (nSPS) is 31.4. The van der Waals surface area contributed by atoms with Gasteiger partial charge in [-0.15, -0.1) is 0 Å². The van der Waals surface area contributed by atoms with Gasteiger partial charge in [-0.25, -0.2) is 4.99 Å². The van der Waals surface area contributed by atoms with Crippen LogP contribution < -0.4 is 10.2 Å². The number of anilines is 1. The van der Waals surface area contributed by atoms with Gasteiger partial charge >= 0.3 is 5.97 Å². The topological polar surface area (TPSA) is 91.2 Å². The quantitative estimate of drug-likeness (QED) is 0.347. The number of aliphatic hydroxyl groups excluding tert-OH is 1. The Morgan fingerprint density at radius 2 is 1.66 bits per heavy atom. The van der Waals surface area contributed by atoms with Crippen molar-refractivity contribution < 1.29 is 19.4 Å². The Hall–Kier alpha value is -2.25. The van der Waals surface area contributed by atoms with E-state index < -0.39 is 12.2 Å². The Kier molecular flexibility index (Phi) is 9.16. The number of carbonyl (C=O) groups is 2. The number of ketones is 1. The molecule has 5 atom stereocenters. The molecule has 3 saturated carbocycles. The van der Waals surface area contributed by atoms with E-state index in [4.69, 9.17) is 4.74 Å². The van der Waals surface area contributed by atoms with Gasteiger partial charge in [-0.1, -0.05) is 50.7 Å². The molecule has 3 fully saturated rings. The van der Waals surface area contributed by atoms with Gasteiger partial charge in [-0.3, -0.25) is 9.59 Å². The fraction of sp³-hybridized carbons (Fsp3) is 0.710. The summed E-state index contributed by atoms with van der Waals surface area (Å²) < 4.78 is 4.99. The first-order chi connectivity index (χ1) is 18.5. The van der Waals surface area contributed by atoms with Crippen molar-refractivity contribution in [3.05, 3.63) is 24.3 Å². The number of para-hydroxylation sites is 2. The highest BCUT2D eigenvalue weighted by Crippen LogP contribution is 2.41. The second kappa shape index (κ2) is 12.7. The molecule has 0 aromatic heterocycles. The molecule has 7 nitrogen and oxygen atoms in total. The highest BCUT2D eigenvalue weighted by molar-refractivity contribution is 6.43. The number of nitrogens with one attached hydrogen (secondary N) is 1. The number of hydrogen-bond donors (Lipinski definition) is 2. The average Bonchev–Trinajstić information content (AvgIpc) is 3.24. The highest BCUT2D eigenvalue weighted by atomic mass is 16.5. The lowest BCUT2D eigenvalue weighted by atomic mass is 9.77. The van der Waals surface area contributed by atoms with Gasteiger partial charge in [0.25, 0.3) is 0 Å². The smallest absolute Gasteiger partial charge is 0.306 e. The molecule has 208 valence electrons. The maximum absolute atomic E-state index is 13.1. The molecule has 5 unspecified atom stereocenters. The van der Waals surface area contributed by atoms with Crippen LogP contribution in [-0.4, -0.2) is 53.5 Å². The molecular weight excluding hydrogens is 478 g/mol. The van der Waals surface area contributed by atoms with E-state index in [-0.39, 0.29) is 37.0 Å². The first kappa shape index (κ1) is 27.3. The lowest BCUT2D eigenvalue weighted by Crippen LogP contribution is -2.53. The second-order valence-corrected chi connectivity index (χ2v) is 12.0. The van der Waals surface area contributed by atoms with Crippen LogP contribution in [0.4, 0.5) is 11.4 Å². The number of fused-ring (bicyclic) bond motifs is 3. The van der Waals surface area contributed by atoms with E-state index in [1.165, 1.54) is 51.4 Å². The van der Waals surface area contributed by atoms with Crippen molar-refractivity contribution in [2.45, 2.75) is 121 Å². The van der Waals surface area contributed by atoms with Crippen LogP contribution >= 0.6 is 0 Å². The van der Waals surface area contributed by atoms with Gasteiger partial charge in [0, 0.05) is 24.5 Å². The monoisotopic (exact) mass is 523 g/mol. The van der Waals surface area contributed by atoms with Crippen LogP contribution in [0.2, 0.25) is 0 Å². The number of esters is 1. The molecular formula is C31H45N3O4. The molecule has 0 spiro atoms. The molecule has 1 aromatic carbocycles. The summed E-state index contributed by atoms with van der Waals surface area (Å²) in [5.74, 6) is 1.07. The van der Waals surface area contributed by atoms with E-state index in [9.17, 15) is 14.7 Å². The zero-order valence-electron chi connectivity index (χ0n) is 22.9. The van der Waals surface area contributed by atoms with Crippen LogP contribution in [0.3, 0.4) is 0 Å². The number of aliphatic imine (C=N–C) groups is 1. The maximum atomic E-state index is 13.1. The Bertz CT molecular complexity index is 997. The molecule has 0 saturated heterocycles. The zero-order chi connectivity index (χ0) is 26.5. The Balaban J connectivity index is 1.31. The minimum atomic E-state index is -1.11. The van der Waals surface area contributed by atoms with E-state index in [0.29, 0.717) is 17.8 Å². The number of ether oxygens (including phenoxy) is 1. The van der Waals surface area contributed by atoms with Crippen molar-refractivity contribution in [2.75, 3.05) is 11.5 Å². The molecule has 2 N–H and O–H groups in total. The van der Waals surface area contributed by atoms with Gasteiger partial charge in [0.1, 0.15) is 5.71 Å². The van der Waals surface area contributed by atoms with E-state index >= 15 is 0 Å². The molecule has 1 aliphatic heterocycles. The molecule has 0 amide bonds. The highest BCUT2D eigenvalue weighted by Gasteiger charge is 2.39. The van der Waals surface area contributed by atoms with Crippen LogP contribution in [0, 0.1) is 11.8 Å². The van der Waals surface area contributed by atoms with Crippen molar-refractivity contribution in [3.8, 4) is 0 Å². The molecule has 3 aliphatic carbocycles. The molecule has 1 heterocycles.